The van der Waals surface area contributed by atoms with Crippen LogP contribution in [0.15, 0.2) is 16.5 Å². The Morgan fingerprint density at radius 1 is 1.24 bits per heavy atom. The van der Waals surface area contributed by atoms with Gasteiger partial charge in [-0.3, -0.25) is 9.80 Å². The maximum absolute atomic E-state index is 11.8. The average Bonchev–Trinajstić information content (AvgIpc) is 3.10. The molecule has 7 heteroatoms. The summed E-state index contributed by atoms with van der Waals surface area (Å²) in [7, 11) is 0. The largest absolute Gasteiger partial charge is 0.462 e. The van der Waals surface area contributed by atoms with Crippen LogP contribution in [0.4, 0.5) is 4.79 Å². The van der Waals surface area contributed by atoms with Crippen LogP contribution in [0.3, 0.4) is 0 Å². The molecule has 7 nitrogen and oxygen atoms in total. The number of nitrogens with zero attached hydrogens (tertiary/aromatic N) is 3. The fourth-order valence-corrected chi connectivity index (χ4v) is 3.77. The van der Waals surface area contributed by atoms with Crippen LogP contribution in [-0.2, 0) is 17.9 Å². The molecule has 1 N–H and O–H groups in total. The van der Waals surface area contributed by atoms with Gasteiger partial charge in [-0.2, -0.15) is 0 Å². The number of furan rings is 1. The second-order valence-corrected chi connectivity index (χ2v) is 6.78. The quantitative estimate of drug-likeness (QED) is 0.867. The smallest absolute Gasteiger partial charge is 0.409 e. The summed E-state index contributed by atoms with van der Waals surface area (Å²) in [6, 6.07) is 4.32. The van der Waals surface area contributed by atoms with E-state index >= 15 is 0 Å². The van der Waals surface area contributed by atoms with Crippen LogP contribution >= 0.6 is 0 Å². The van der Waals surface area contributed by atoms with Gasteiger partial charge in [-0.05, 0) is 38.4 Å². The Labute approximate surface area is 149 Å². The van der Waals surface area contributed by atoms with Gasteiger partial charge in [0.15, 0.2) is 0 Å². The number of piperidine rings is 1. The predicted octanol–water partition coefficient (Wildman–Crippen LogP) is 1.51. The van der Waals surface area contributed by atoms with Crippen LogP contribution in [0.5, 0.6) is 0 Å². The minimum Gasteiger partial charge on any atom is -0.462 e. The van der Waals surface area contributed by atoms with Crippen molar-refractivity contribution in [3.8, 4) is 0 Å². The van der Waals surface area contributed by atoms with E-state index in [0.717, 1.165) is 51.6 Å². The number of piperazine rings is 1. The molecule has 0 aromatic carbocycles. The predicted molar refractivity (Wildman–Crippen MR) is 93.1 cm³/mol. The Morgan fingerprint density at radius 2 is 2.00 bits per heavy atom. The lowest BCUT2D eigenvalue weighted by molar-refractivity contribution is 0.0397. The van der Waals surface area contributed by atoms with Gasteiger partial charge in [0.2, 0.25) is 0 Å². The van der Waals surface area contributed by atoms with E-state index in [2.05, 4.69) is 9.80 Å². The van der Waals surface area contributed by atoms with Crippen molar-refractivity contribution in [1.29, 1.82) is 0 Å². The Morgan fingerprint density at radius 3 is 2.68 bits per heavy atom. The van der Waals surface area contributed by atoms with E-state index in [4.69, 9.17) is 14.3 Å². The number of aliphatic hydroxyl groups excluding tert-OH is 1. The van der Waals surface area contributed by atoms with E-state index in [1.54, 1.807) is 4.90 Å². The Kier molecular flexibility index (Phi) is 6.34. The van der Waals surface area contributed by atoms with Crippen LogP contribution in [0, 0.1) is 0 Å². The second-order valence-electron chi connectivity index (χ2n) is 6.78. The van der Waals surface area contributed by atoms with Gasteiger partial charge in [-0.15, -0.1) is 0 Å². The summed E-state index contributed by atoms with van der Waals surface area (Å²) in [6.45, 7) is 8.42. The number of carbonyl (C=O) groups excluding carboxylic acids is 1. The summed E-state index contributed by atoms with van der Waals surface area (Å²) in [5, 5.41) is 9.11. The molecule has 0 spiro atoms. The first kappa shape index (κ1) is 18.2. The lowest BCUT2D eigenvalue weighted by Crippen LogP contribution is -2.55. The maximum Gasteiger partial charge on any atom is 0.409 e. The number of ether oxygens (including phenoxy) is 1. The van der Waals surface area contributed by atoms with E-state index in [1.807, 2.05) is 19.1 Å². The van der Waals surface area contributed by atoms with E-state index in [-0.39, 0.29) is 12.7 Å². The molecule has 2 aliphatic heterocycles. The highest BCUT2D eigenvalue weighted by Crippen LogP contribution is 2.20. The Bertz CT molecular complexity index is 554. The third kappa shape index (κ3) is 4.74. The number of hydrogen-bond acceptors (Lipinski definition) is 6. The van der Waals surface area contributed by atoms with Crippen LogP contribution in [0.25, 0.3) is 0 Å². The summed E-state index contributed by atoms with van der Waals surface area (Å²) in [6.07, 6.45) is 2.19. The molecule has 2 fully saturated rings. The fourth-order valence-electron chi connectivity index (χ4n) is 3.77. The Hall–Kier alpha value is -1.57. The van der Waals surface area contributed by atoms with Crippen molar-refractivity contribution in [2.24, 2.45) is 0 Å². The topological polar surface area (TPSA) is 69.4 Å². The molecule has 1 amide bonds. The average molecular weight is 351 g/mol. The van der Waals surface area contributed by atoms with Crippen molar-refractivity contribution in [3.05, 3.63) is 23.7 Å². The molecule has 2 saturated heterocycles. The molecule has 1 atom stereocenters. The molecule has 0 saturated carbocycles. The number of likely N-dealkylation sites (tertiary alicyclic amines) is 1. The Balaban J connectivity index is 1.48. The first-order chi connectivity index (χ1) is 12.2. The molecule has 1 aromatic rings. The van der Waals surface area contributed by atoms with Gasteiger partial charge >= 0.3 is 6.09 Å². The minimum atomic E-state index is -0.190. The van der Waals surface area contributed by atoms with Gasteiger partial charge < -0.3 is 19.2 Å². The maximum atomic E-state index is 11.8. The monoisotopic (exact) mass is 351 g/mol. The third-order valence-corrected chi connectivity index (χ3v) is 5.09. The SMILES string of the molecule is CCOC(=O)N1CCN([C@H]2CCCN(Cc3ccc(CO)o3)C2)CC1. The number of rotatable bonds is 5. The summed E-state index contributed by atoms with van der Waals surface area (Å²) < 4.78 is 10.7. The number of aliphatic hydroxyl groups is 1. The first-order valence-electron chi connectivity index (χ1n) is 9.26. The number of amides is 1. The molecule has 3 heterocycles. The zero-order chi connectivity index (χ0) is 17.6. The van der Waals surface area contributed by atoms with Gasteiger partial charge in [0.25, 0.3) is 0 Å². The van der Waals surface area contributed by atoms with Gasteiger partial charge in [0, 0.05) is 38.8 Å². The van der Waals surface area contributed by atoms with Gasteiger partial charge in [0.1, 0.15) is 18.1 Å². The molecular weight excluding hydrogens is 322 g/mol. The van der Waals surface area contributed by atoms with Crippen molar-refractivity contribution in [2.75, 3.05) is 45.9 Å². The van der Waals surface area contributed by atoms with E-state index in [0.29, 0.717) is 18.4 Å². The van der Waals surface area contributed by atoms with Crippen molar-refractivity contribution >= 4 is 6.09 Å². The van der Waals surface area contributed by atoms with E-state index in [9.17, 15) is 4.79 Å². The van der Waals surface area contributed by atoms with Gasteiger partial charge in [-0.25, -0.2) is 4.79 Å². The van der Waals surface area contributed by atoms with Crippen LogP contribution in [0.2, 0.25) is 0 Å². The van der Waals surface area contributed by atoms with Crippen LogP contribution in [0.1, 0.15) is 31.3 Å². The molecular formula is C18H29N3O4. The van der Waals surface area contributed by atoms with E-state index in [1.165, 1.54) is 12.8 Å². The lowest BCUT2D eigenvalue weighted by atomic mass is 10.0. The van der Waals surface area contributed by atoms with Crippen molar-refractivity contribution in [3.63, 3.8) is 0 Å². The molecule has 1 aromatic heterocycles. The van der Waals surface area contributed by atoms with Crippen LogP contribution < -0.4 is 0 Å². The molecule has 0 bridgehead atoms. The zero-order valence-corrected chi connectivity index (χ0v) is 15.0. The van der Waals surface area contributed by atoms with Gasteiger partial charge in [-0.1, -0.05) is 0 Å². The molecule has 25 heavy (non-hydrogen) atoms. The summed E-state index contributed by atoms with van der Waals surface area (Å²) >= 11 is 0. The summed E-state index contributed by atoms with van der Waals surface area (Å²) in [5.41, 5.74) is 0. The van der Waals surface area contributed by atoms with Crippen LogP contribution in [-0.4, -0.2) is 77.8 Å². The van der Waals surface area contributed by atoms with Crippen molar-refractivity contribution in [1.82, 2.24) is 14.7 Å². The molecule has 0 radical (unpaired) electrons. The highest BCUT2D eigenvalue weighted by Gasteiger charge is 2.30. The van der Waals surface area contributed by atoms with Crippen molar-refractivity contribution < 1.29 is 19.1 Å². The highest BCUT2D eigenvalue weighted by atomic mass is 16.6. The molecule has 0 unspecified atom stereocenters. The molecule has 3 rings (SSSR count). The minimum absolute atomic E-state index is 0.0482. The lowest BCUT2D eigenvalue weighted by Gasteiger charge is -2.43. The summed E-state index contributed by atoms with van der Waals surface area (Å²) in [5.74, 6) is 1.54. The first-order valence-corrected chi connectivity index (χ1v) is 9.26. The zero-order valence-electron chi connectivity index (χ0n) is 15.0. The summed E-state index contributed by atoms with van der Waals surface area (Å²) in [4.78, 5) is 18.5. The second kappa shape index (κ2) is 8.69. The molecule has 140 valence electrons. The number of hydrogen-bond donors (Lipinski definition) is 1. The molecule has 2 aliphatic rings. The fraction of sp³-hybridized carbons (Fsp3) is 0.722. The van der Waals surface area contributed by atoms with Crippen molar-refractivity contribution in [2.45, 2.75) is 39.0 Å². The van der Waals surface area contributed by atoms with Gasteiger partial charge in [0.05, 0.1) is 13.2 Å². The normalized spacial score (nSPS) is 23.0. The highest BCUT2D eigenvalue weighted by molar-refractivity contribution is 5.67. The molecule has 0 aliphatic carbocycles. The third-order valence-electron chi connectivity index (χ3n) is 5.09. The van der Waals surface area contributed by atoms with E-state index < -0.39 is 0 Å². The standard InChI is InChI=1S/C18H29N3O4/c1-2-24-18(23)21-10-8-20(9-11-21)15-4-3-7-19(12-15)13-16-5-6-17(14-22)25-16/h5-6,15,22H,2-4,7-14H2,1H3/t15-/m0/s1. The number of carbonyl (C=O) groups is 1.